The molecule has 7 nitrogen and oxygen atoms in total. The van der Waals surface area contributed by atoms with Gasteiger partial charge in [0.2, 0.25) is 5.91 Å². The van der Waals surface area contributed by atoms with Crippen LogP contribution >= 0.6 is 0 Å². The zero-order valence-electron chi connectivity index (χ0n) is 14.8. The lowest BCUT2D eigenvalue weighted by Gasteiger charge is -2.57. The van der Waals surface area contributed by atoms with E-state index in [2.05, 4.69) is 5.10 Å². The minimum atomic E-state index is -0.765. The third kappa shape index (κ3) is 3.09. The number of piperidine rings is 1. The molecule has 138 valence electrons. The van der Waals surface area contributed by atoms with Gasteiger partial charge in [0.05, 0.1) is 24.5 Å². The molecule has 1 N–H and O–H groups in total. The molecule has 0 bridgehead atoms. The molecule has 4 heterocycles. The Morgan fingerprint density at radius 3 is 3.04 bits per heavy atom. The zero-order valence-corrected chi connectivity index (χ0v) is 14.8. The molecule has 0 aromatic carbocycles. The lowest BCUT2D eigenvalue weighted by molar-refractivity contribution is -0.219. The van der Waals surface area contributed by atoms with Crippen LogP contribution in [0.4, 0.5) is 0 Å². The van der Waals surface area contributed by atoms with Crippen LogP contribution in [0.2, 0.25) is 0 Å². The van der Waals surface area contributed by atoms with Crippen molar-refractivity contribution in [3.8, 4) is 0 Å². The summed E-state index contributed by atoms with van der Waals surface area (Å²) >= 11 is 0. The van der Waals surface area contributed by atoms with Crippen LogP contribution in [0.3, 0.4) is 0 Å². The molecular weight excluding hydrogens is 322 g/mol. The Bertz CT molecular complexity index is 634. The van der Waals surface area contributed by atoms with E-state index < -0.39 is 5.60 Å². The Balaban J connectivity index is 1.49. The fourth-order valence-corrected chi connectivity index (χ4v) is 4.69. The molecule has 7 heteroatoms. The molecule has 0 saturated carbocycles. The van der Waals surface area contributed by atoms with Gasteiger partial charge in [-0.15, -0.1) is 0 Å². The SMILES string of the molecule is Cc1ccn(CCC(=O)N2C[C@H]3COCC[C@@]3(O)[C@@H]3COCC[C@@H]32)n1. The lowest BCUT2D eigenvalue weighted by atomic mass is 9.66. The second kappa shape index (κ2) is 6.70. The number of carbonyl (C=O) groups is 1. The number of nitrogens with zero attached hydrogens (tertiary/aromatic N) is 3. The van der Waals surface area contributed by atoms with Crippen molar-refractivity contribution in [1.82, 2.24) is 14.7 Å². The van der Waals surface area contributed by atoms with Crippen LogP contribution in [0.25, 0.3) is 0 Å². The quantitative estimate of drug-likeness (QED) is 0.865. The maximum absolute atomic E-state index is 12.9. The van der Waals surface area contributed by atoms with Gasteiger partial charge in [-0.3, -0.25) is 9.48 Å². The number of likely N-dealkylation sites (tertiary alicyclic amines) is 1. The van der Waals surface area contributed by atoms with Gasteiger partial charge in [0.1, 0.15) is 0 Å². The number of aliphatic hydroxyl groups is 1. The predicted octanol–water partition coefficient (Wildman–Crippen LogP) is 0.597. The van der Waals surface area contributed by atoms with Gasteiger partial charge in [0.25, 0.3) is 0 Å². The van der Waals surface area contributed by atoms with Crippen LogP contribution in [0.5, 0.6) is 0 Å². The molecule has 3 fully saturated rings. The first-order valence-electron chi connectivity index (χ1n) is 9.25. The van der Waals surface area contributed by atoms with E-state index in [0.29, 0.717) is 52.4 Å². The Hall–Kier alpha value is -1.44. The minimum Gasteiger partial charge on any atom is -0.389 e. The molecule has 4 atom stereocenters. The number of aromatic nitrogens is 2. The number of rotatable bonds is 3. The standard InChI is InChI=1S/C18H27N3O4/c1-13-2-6-20(19-13)7-3-17(22)21-10-14-11-25-9-5-18(14,23)15-12-24-8-4-16(15)21/h2,6,14-16,23H,3-5,7-12H2,1H3/t14-,15+,16-,18-/m0/s1. The van der Waals surface area contributed by atoms with Crippen molar-refractivity contribution in [2.75, 3.05) is 33.0 Å². The summed E-state index contributed by atoms with van der Waals surface area (Å²) in [4.78, 5) is 14.9. The molecule has 1 aromatic rings. The molecule has 0 radical (unpaired) electrons. The molecule has 3 aliphatic heterocycles. The van der Waals surface area contributed by atoms with E-state index in [4.69, 9.17) is 9.47 Å². The Morgan fingerprint density at radius 1 is 1.40 bits per heavy atom. The third-order valence-electron chi connectivity index (χ3n) is 6.10. The topological polar surface area (TPSA) is 76.8 Å². The second-order valence-electron chi connectivity index (χ2n) is 7.57. The van der Waals surface area contributed by atoms with Crippen molar-refractivity contribution >= 4 is 5.91 Å². The average molecular weight is 349 g/mol. The summed E-state index contributed by atoms with van der Waals surface area (Å²) in [5.41, 5.74) is 0.193. The van der Waals surface area contributed by atoms with Crippen LogP contribution in [0.15, 0.2) is 12.3 Å². The lowest BCUT2D eigenvalue weighted by Crippen LogP contribution is -2.68. The number of fused-ring (bicyclic) bond motifs is 3. The van der Waals surface area contributed by atoms with Crippen LogP contribution in [0, 0.1) is 18.8 Å². The highest BCUT2D eigenvalue weighted by atomic mass is 16.5. The molecule has 4 rings (SSSR count). The fraction of sp³-hybridized carbons (Fsp3) is 0.778. The number of hydrogen-bond donors (Lipinski definition) is 1. The number of amides is 1. The van der Waals surface area contributed by atoms with Gasteiger partial charge in [-0.2, -0.15) is 5.10 Å². The maximum Gasteiger partial charge on any atom is 0.224 e. The molecule has 0 spiro atoms. The summed E-state index contributed by atoms with van der Waals surface area (Å²) in [5.74, 6) is 0.0950. The van der Waals surface area contributed by atoms with Crippen molar-refractivity contribution in [1.29, 1.82) is 0 Å². The van der Waals surface area contributed by atoms with Gasteiger partial charge >= 0.3 is 0 Å². The Kier molecular flexibility index (Phi) is 4.56. The van der Waals surface area contributed by atoms with Crippen LogP contribution in [-0.4, -0.2) is 70.3 Å². The normalized spacial score (nSPS) is 35.1. The highest BCUT2D eigenvalue weighted by Gasteiger charge is 2.56. The molecule has 25 heavy (non-hydrogen) atoms. The Labute approximate surface area is 147 Å². The second-order valence-corrected chi connectivity index (χ2v) is 7.57. The molecular formula is C18H27N3O4. The zero-order chi connectivity index (χ0) is 17.4. The summed E-state index contributed by atoms with van der Waals surface area (Å²) in [6, 6.07) is 2.01. The summed E-state index contributed by atoms with van der Waals surface area (Å²) in [6.07, 6.45) is 3.77. The monoisotopic (exact) mass is 349 g/mol. The van der Waals surface area contributed by atoms with E-state index in [9.17, 15) is 9.90 Å². The van der Waals surface area contributed by atoms with Crippen molar-refractivity contribution in [3.05, 3.63) is 18.0 Å². The van der Waals surface area contributed by atoms with Gasteiger partial charge in [-0.1, -0.05) is 0 Å². The van der Waals surface area contributed by atoms with Gasteiger partial charge in [0.15, 0.2) is 0 Å². The van der Waals surface area contributed by atoms with Gasteiger partial charge in [-0.25, -0.2) is 0 Å². The molecule has 1 amide bonds. The number of ether oxygens (including phenoxy) is 2. The largest absolute Gasteiger partial charge is 0.389 e. The van der Waals surface area contributed by atoms with Gasteiger partial charge in [-0.05, 0) is 19.4 Å². The third-order valence-corrected chi connectivity index (χ3v) is 6.10. The molecule has 3 aliphatic rings. The first-order valence-corrected chi connectivity index (χ1v) is 9.25. The van der Waals surface area contributed by atoms with E-state index in [1.165, 1.54) is 0 Å². The first-order chi connectivity index (χ1) is 12.1. The molecule has 0 unspecified atom stereocenters. The molecule has 1 aromatic heterocycles. The smallest absolute Gasteiger partial charge is 0.224 e. The average Bonchev–Trinajstić information content (AvgIpc) is 3.04. The number of carbonyl (C=O) groups excluding carboxylic acids is 1. The van der Waals surface area contributed by atoms with Crippen LogP contribution < -0.4 is 0 Å². The van der Waals surface area contributed by atoms with E-state index in [0.717, 1.165) is 12.1 Å². The summed E-state index contributed by atoms with van der Waals surface area (Å²) < 4.78 is 13.1. The highest BCUT2D eigenvalue weighted by molar-refractivity contribution is 5.76. The highest BCUT2D eigenvalue weighted by Crippen LogP contribution is 2.44. The van der Waals surface area contributed by atoms with Crippen molar-refractivity contribution in [3.63, 3.8) is 0 Å². The summed E-state index contributed by atoms with van der Waals surface area (Å²) in [5, 5.41) is 15.6. The molecule has 3 saturated heterocycles. The minimum absolute atomic E-state index is 0.0141. The number of hydrogen-bond acceptors (Lipinski definition) is 5. The van der Waals surface area contributed by atoms with Crippen molar-refractivity contribution < 1.29 is 19.4 Å². The number of aryl methyl sites for hydroxylation is 2. The summed E-state index contributed by atoms with van der Waals surface area (Å²) in [6.45, 7) is 5.39. The van der Waals surface area contributed by atoms with Crippen molar-refractivity contribution in [2.45, 2.75) is 44.4 Å². The predicted molar refractivity (Wildman–Crippen MR) is 89.9 cm³/mol. The van der Waals surface area contributed by atoms with Crippen LogP contribution in [0.1, 0.15) is 25.0 Å². The summed E-state index contributed by atoms with van der Waals surface area (Å²) in [7, 11) is 0. The van der Waals surface area contributed by atoms with Crippen molar-refractivity contribution in [2.24, 2.45) is 11.8 Å². The van der Waals surface area contributed by atoms with E-state index in [1.807, 2.05) is 28.8 Å². The van der Waals surface area contributed by atoms with E-state index in [-0.39, 0.29) is 23.8 Å². The van der Waals surface area contributed by atoms with Gasteiger partial charge < -0.3 is 19.5 Å². The Morgan fingerprint density at radius 2 is 2.24 bits per heavy atom. The van der Waals surface area contributed by atoms with E-state index in [1.54, 1.807) is 0 Å². The van der Waals surface area contributed by atoms with E-state index >= 15 is 0 Å². The first kappa shape index (κ1) is 17.0. The van der Waals surface area contributed by atoms with Crippen LogP contribution in [-0.2, 0) is 20.8 Å². The maximum atomic E-state index is 12.9. The fourth-order valence-electron chi connectivity index (χ4n) is 4.69. The molecule has 0 aliphatic carbocycles. The van der Waals surface area contributed by atoms with Gasteiger partial charge in [0, 0.05) is 63.2 Å².